The van der Waals surface area contributed by atoms with Gasteiger partial charge in [0.15, 0.2) is 0 Å². The zero-order chi connectivity index (χ0) is 17.6. The molecule has 0 aliphatic rings. The van der Waals surface area contributed by atoms with Gasteiger partial charge in [-0.15, -0.1) is 0 Å². The fourth-order valence-electron chi connectivity index (χ4n) is 2.64. The molecule has 0 atom stereocenters. The number of hydrogen-bond acceptors (Lipinski definition) is 3. The summed E-state index contributed by atoms with van der Waals surface area (Å²) in [4.78, 5) is 12.3. The normalized spacial score (nSPS) is 10.8. The summed E-state index contributed by atoms with van der Waals surface area (Å²) in [6, 6.07) is 19.3. The number of methoxy groups -OCH3 is 2. The predicted molar refractivity (Wildman–Crippen MR) is 101 cm³/mol. The summed E-state index contributed by atoms with van der Waals surface area (Å²) in [5.41, 5.74) is 1.59. The molecule has 0 fully saturated rings. The smallest absolute Gasteiger partial charge is 0.248 e. The van der Waals surface area contributed by atoms with Crippen molar-refractivity contribution in [1.29, 1.82) is 0 Å². The molecule has 3 aromatic rings. The molecule has 0 aliphatic carbocycles. The molecule has 25 heavy (non-hydrogen) atoms. The van der Waals surface area contributed by atoms with Gasteiger partial charge in [0.05, 0.1) is 19.9 Å². The topological polar surface area (TPSA) is 47.6 Å². The highest BCUT2D eigenvalue weighted by molar-refractivity contribution is 6.04. The first-order chi connectivity index (χ1) is 12.2. The van der Waals surface area contributed by atoms with Gasteiger partial charge in [0.25, 0.3) is 0 Å². The van der Waals surface area contributed by atoms with Crippen molar-refractivity contribution in [2.24, 2.45) is 0 Å². The van der Waals surface area contributed by atoms with Crippen LogP contribution in [0.1, 0.15) is 5.56 Å². The van der Waals surface area contributed by atoms with Crippen LogP contribution >= 0.6 is 0 Å². The average molecular weight is 333 g/mol. The van der Waals surface area contributed by atoms with Crippen LogP contribution in [0.25, 0.3) is 16.8 Å². The van der Waals surface area contributed by atoms with E-state index in [9.17, 15) is 4.79 Å². The summed E-state index contributed by atoms with van der Waals surface area (Å²) in [6.45, 7) is 0. The second-order valence-electron chi connectivity index (χ2n) is 5.46. The van der Waals surface area contributed by atoms with Gasteiger partial charge in [0.2, 0.25) is 5.91 Å². The van der Waals surface area contributed by atoms with Gasteiger partial charge in [-0.05, 0) is 34.5 Å². The molecule has 0 aliphatic heterocycles. The summed E-state index contributed by atoms with van der Waals surface area (Å²) in [7, 11) is 3.14. The first-order valence-electron chi connectivity index (χ1n) is 7.90. The molecule has 0 heterocycles. The largest absolute Gasteiger partial charge is 0.497 e. The SMILES string of the molecule is COc1ccc(NC(=O)/C=C\c2cccc3ccccc23)c(OC)c1. The first-order valence-corrected chi connectivity index (χ1v) is 7.90. The maximum Gasteiger partial charge on any atom is 0.248 e. The Kier molecular flexibility index (Phi) is 5.00. The molecule has 0 spiro atoms. The summed E-state index contributed by atoms with van der Waals surface area (Å²) in [6.07, 6.45) is 3.33. The lowest BCUT2D eigenvalue weighted by Crippen LogP contribution is -2.09. The van der Waals surface area contributed by atoms with Crippen LogP contribution in [0.15, 0.2) is 66.7 Å². The number of carbonyl (C=O) groups is 1. The number of ether oxygens (including phenoxy) is 2. The molecule has 0 saturated carbocycles. The highest BCUT2D eigenvalue weighted by atomic mass is 16.5. The standard InChI is InChI=1S/C21H19NO3/c1-24-17-11-12-19(20(14-17)25-2)22-21(23)13-10-16-8-5-7-15-6-3-4-9-18(15)16/h3-14H,1-2H3,(H,22,23)/b13-10-. The Bertz CT molecular complexity index is 926. The van der Waals surface area contributed by atoms with Gasteiger partial charge in [-0.1, -0.05) is 42.5 Å². The molecule has 0 bridgehead atoms. The Hall–Kier alpha value is -3.27. The zero-order valence-corrected chi connectivity index (χ0v) is 14.2. The Morgan fingerprint density at radius 3 is 2.56 bits per heavy atom. The van der Waals surface area contributed by atoms with Gasteiger partial charge in [-0.25, -0.2) is 0 Å². The Labute approximate surface area is 146 Å². The maximum absolute atomic E-state index is 12.3. The molecule has 1 amide bonds. The van der Waals surface area contributed by atoms with Crippen LogP contribution in [0.3, 0.4) is 0 Å². The van der Waals surface area contributed by atoms with Crippen LogP contribution in [-0.2, 0) is 4.79 Å². The zero-order valence-electron chi connectivity index (χ0n) is 14.2. The number of anilines is 1. The number of amides is 1. The third kappa shape index (κ3) is 3.80. The van der Waals surface area contributed by atoms with E-state index in [0.29, 0.717) is 17.2 Å². The number of fused-ring (bicyclic) bond motifs is 1. The highest BCUT2D eigenvalue weighted by Gasteiger charge is 2.07. The van der Waals surface area contributed by atoms with Gasteiger partial charge in [0.1, 0.15) is 11.5 Å². The van der Waals surface area contributed by atoms with Crippen LogP contribution in [0.4, 0.5) is 5.69 Å². The lowest BCUT2D eigenvalue weighted by atomic mass is 10.0. The van der Waals surface area contributed by atoms with Crippen molar-refractivity contribution in [2.45, 2.75) is 0 Å². The molecule has 126 valence electrons. The predicted octanol–water partition coefficient (Wildman–Crippen LogP) is 4.51. The van der Waals surface area contributed by atoms with Gasteiger partial charge < -0.3 is 14.8 Å². The van der Waals surface area contributed by atoms with Crippen LogP contribution in [0.5, 0.6) is 11.5 Å². The van der Waals surface area contributed by atoms with Crippen molar-refractivity contribution in [3.8, 4) is 11.5 Å². The lowest BCUT2D eigenvalue weighted by molar-refractivity contribution is -0.111. The highest BCUT2D eigenvalue weighted by Crippen LogP contribution is 2.29. The van der Waals surface area contributed by atoms with Crippen molar-refractivity contribution >= 4 is 28.4 Å². The molecule has 3 rings (SSSR count). The van der Waals surface area contributed by atoms with Gasteiger partial charge in [0, 0.05) is 12.1 Å². The van der Waals surface area contributed by atoms with E-state index in [1.54, 1.807) is 32.4 Å². The summed E-state index contributed by atoms with van der Waals surface area (Å²) in [5.74, 6) is 0.990. The Balaban J connectivity index is 1.79. The van der Waals surface area contributed by atoms with Gasteiger partial charge >= 0.3 is 0 Å². The summed E-state index contributed by atoms with van der Waals surface area (Å²) < 4.78 is 10.4. The first kappa shape index (κ1) is 16.6. The second kappa shape index (κ2) is 7.53. The number of nitrogens with one attached hydrogen (secondary N) is 1. The molecule has 0 unspecified atom stereocenters. The van der Waals surface area contributed by atoms with Crippen LogP contribution < -0.4 is 14.8 Å². The van der Waals surface area contributed by atoms with E-state index in [-0.39, 0.29) is 5.91 Å². The van der Waals surface area contributed by atoms with Crippen molar-refractivity contribution in [3.63, 3.8) is 0 Å². The van der Waals surface area contributed by atoms with Gasteiger partial charge in [-0.3, -0.25) is 4.79 Å². The fourth-order valence-corrected chi connectivity index (χ4v) is 2.64. The summed E-state index contributed by atoms with van der Waals surface area (Å²) >= 11 is 0. The average Bonchev–Trinajstić information content (AvgIpc) is 2.66. The minimum atomic E-state index is -0.226. The van der Waals surface area contributed by atoms with Crippen LogP contribution in [0.2, 0.25) is 0 Å². The Morgan fingerprint density at radius 1 is 0.960 bits per heavy atom. The van der Waals surface area contributed by atoms with Gasteiger partial charge in [-0.2, -0.15) is 0 Å². The third-order valence-corrected chi connectivity index (χ3v) is 3.90. The minimum absolute atomic E-state index is 0.226. The molecular weight excluding hydrogens is 314 g/mol. The van der Waals surface area contributed by atoms with Crippen molar-refractivity contribution in [3.05, 3.63) is 72.3 Å². The van der Waals surface area contributed by atoms with Crippen LogP contribution in [-0.4, -0.2) is 20.1 Å². The molecule has 0 saturated heterocycles. The molecular formula is C21H19NO3. The minimum Gasteiger partial charge on any atom is -0.497 e. The Morgan fingerprint density at radius 2 is 1.76 bits per heavy atom. The second-order valence-corrected chi connectivity index (χ2v) is 5.46. The van der Waals surface area contributed by atoms with Crippen molar-refractivity contribution in [1.82, 2.24) is 0 Å². The molecule has 3 aromatic carbocycles. The molecule has 0 radical (unpaired) electrons. The molecule has 4 heteroatoms. The summed E-state index contributed by atoms with van der Waals surface area (Å²) in [5, 5.41) is 5.07. The van der Waals surface area contributed by atoms with Crippen LogP contribution in [0, 0.1) is 0 Å². The monoisotopic (exact) mass is 333 g/mol. The number of benzene rings is 3. The van der Waals surface area contributed by atoms with E-state index in [1.807, 2.05) is 36.4 Å². The van der Waals surface area contributed by atoms with E-state index in [0.717, 1.165) is 16.3 Å². The van der Waals surface area contributed by atoms with E-state index < -0.39 is 0 Å². The van der Waals surface area contributed by atoms with E-state index in [1.165, 1.54) is 6.08 Å². The van der Waals surface area contributed by atoms with E-state index >= 15 is 0 Å². The molecule has 1 N–H and O–H groups in total. The lowest BCUT2D eigenvalue weighted by Gasteiger charge is -2.10. The van der Waals surface area contributed by atoms with E-state index in [4.69, 9.17) is 9.47 Å². The maximum atomic E-state index is 12.3. The third-order valence-electron chi connectivity index (χ3n) is 3.90. The number of rotatable bonds is 5. The van der Waals surface area contributed by atoms with Crippen molar-refractivity contribution in [2.75, 3.05) is 19.5 Å². The molecule has 4 nitrogen and oxygen atoms in total. The fraction of sp³-hybridized carbons (Fsp3) is 0.0952. The van der Waals surface area contributed by atoms with Crippen molar-refractivity contribution < 1.29 is 14.3 Å². The van der Waals surface area contributed by atoms with E-state index in [2.05, 4.69) is 17.4 Å². The number of hydrogen-bond donors (Lipinski definition) is 1. The quantitative estimate of drug-likeness (QED) is 0.699. The number of carbonyl (C=O) groups excluding carboxylic acids is 1. The molecule has 0 aromatic heterocycles.